The highest BCUT2D eigenvalue weighted by molar-refractivity contribution is 6.16. The molecule has 2 N–H and O–H groups in total. The van der Waals surface area contributed by atoms with E-state index in [0.29, 0.717) is 12.1 Å². The van der Waals surface area contributed by atoms with E-state index in [2.05, 4.69) is 20.7 Å². The highest BCUT2D eigenvalue weighted by Gasteiger charge is 2.23. The SMILES string of the molecule is CCC1CNCC(N=[N+]=[N-])O1.O=C1Cc2ccc3ccccc3c2C(=O)N1. The van der Waals surface area contributed by atoms with Crippen LogP contribution in [0.1, 0.15) is 29.3 Å². The van der Waals surface area contributed by atoms with Crippen molar-refractivity contribution in [3.05, 3.63) is 58.0 Å². The number of nitrogens with zero attached hydrogens (tertiary/aromatic N) is 3. The maximum Gasteiger partial charge on any atom is 0.258 e. The summed E-state index contributed by atoms with van der Waals surface area (Å²) in [7, 11) is 0. The van der Waals surface area contributed by atoms with E-state index in [4.69, 9.17) is 10.3 Å². The lowest BCUT2D eigenvalue weighted by Gasteiger charge is -2.27. The monoisotopic (exact) mass is 367 g/mol. The Bertz CT molecular complexity index is 907. The number of hydrogen-bond donors (Lipinski definition) is 2. The number of benzene rings is 2. The first kappa shape index (κ1) is 18.8. The highest BCUT2D eigenvalue weighted by Crippen LogP contribution is 2.24. The number of nitrogens with one attached hydrogen (secondary N) is 2. The van der Waals surface area contributed by atoms with Crippen LogP contribution in [0.15, 0.2) is 41.5 Å². The molecule has 2 atom stereocenters. The third kappa shape index (κ3) is 4.43. The number of carbonyl (C=O) groups is 2. The zero-order valence-electron chi connectivity index (χ0n) is 15.0. The van der Waals surface area contributed by atoms with E-state index in [1.54, 1.807) is 0 Å². The second-order valence-electron chi connectivity index (χ2n) is 6.36. The van der Waals surface area contributed by atoms with E-state index < -0.39 is 0 Å². The van der Waals surface area contributed by atoms with Crippen molar-refractivity contribution in [3.8, 4) is 0 Å². The Morgan fingerprint density at radius 1 is 1.22 bits per heavy atom. The molecule has 8 nitrogen and oxygen atoms in total. The second-order valence-corrected chi connectivity index (χ2v) is 6.36. The molecule has 2 aromatic carbocycles. The fourth-order valence-corrected chi connectivity index (χ4v) is 3.19. The van der Waals surface area contributed by atoms with E-state index in [-0.39, 0.29) is 30.6 Å². The van der Waals surface area contributed by atoms with Gasteiger partial charge in [0.05, 0.1) is 18.1 Å². The van der Waals surface area contributed by atoms with Gasteiger partial charge in [-0.25, -0.2) is 0 Å². The summed E-state index contributed by atoms with van der Waals surface area (Å²) in [6.07, 6.45) is 1.11. The number of imide groups is 1. The van der Waals surface area contributed by atoms with Crippen molar-refractivity contribution in [2.75, 3.05) is 13.1 Å². The minimum absolute atomic E-state index is 0.194. The molecular formula is C19H21N5O3. The molecular weight excluding hydrogens is 346 g/mol. The smallest absolute Gasteiger partial charge is 0.258 e. The molecule has 0 radical (unpaired) electrons. The summed E-state index contributed by atoms with van der Waals surface area (Å²) >= 11 is 0. The van der Waals surface area contributed by atoms with Gasteiger partial charge in [-0.15, -0.1) is 0 Å². The van der Waals surface area contributed by atoms with Crippen molar-refractivity contribution in [2.24, 2.45) is 5.11 Å². The predicted octanol–water partition coefficient (Wildman–Crippen LogP) is 2.67. The Morgan fingerprint density at radius 3 is 2.81 bits per heavy atom. The van der Waals surface area contributed by atoms with Gasteiger partial charge in [0, 0.05) is 18.0 Å². The van der Waals surface area contributed by atoms with Crippen LogP contribution in [0.5, 0.6) is 0 Å². The van der Waals surface area contributed by atoms with E-state index in [1.165, 1.54) is 0 Å². The fraction of sp³-hybridized carbons (Fsp3) is 0.368. The molecule has 2 aliphatic rings. The van der Waals surface area contributed by atoms with Crippen LogP contribution in [0, 0.1) is 0 Å². The maximum atomic E-state index is 11.8. The van der Waals surface area contributed by atoms with Gasteiger partial charge in [0.15, 0.2) is 0 Å². The van der Waals surface area contributed by atoms with Crippen LogP contribution >= 0.6 is 0 Å². The number of amides is 2. The van der Waals surface area contributed by atoms with Gasteiger partial charge in [-0.1, -0.05) is 48.4 Å². The van der Waals surface area contributed by atoms with Gasteiger partial charge in [-0.3, -0.25) is 14.9 Å². The third-order valence-electron chi connectivity index (χ3n) is 4.52. The number of carbonyl (C=O) groups excluding carboxylic acids is 2. The van der Waals surface area contributed by atoms with Crippen LogP contribution in [0.4, 0.5) is 0 Å². The van der Waals surface area contributed by atoms with E-state index in [0.717, 1.165) is 29.3 Å². The molecule has 8 heteroatoms. The lowest BCUT2D eigenvalue weighted by Crippen LogP contribution is -2.43. The Labute approximate surface area is 156 Å². The van der Waals surface area contributed by atoms with Gasteiger partial charge < -0.3 is 10.1 Å². The first-order valence-electron chi connectivity index (χ1n) is 8.87. The van der Waals surface area contributed by atoms with Gasteiger partial charge in [-0.2, -0.15) is 0 Å². The lowest BCUT2D eigenvalue weighted by atomic mass is 9.94. The molecule has 0 aliphatic carbocycles. The standard InChI is InChI=1S/C13H9NO2.C6H12N4O/c15-11-7-9-6-5-8-3-1-2-4-10(8)12(9)13(16)14-11;1-2-5-3-8-4-6(11-5)9-10-7/h1-6H,7H2,(H,14,15,16);5-6,8H,2-4H2,1H3. The average Bonchev–Trinajstić information content (AvgIpc) is 2.68. The maximum absolute atomic E-state index is 11.8. The number of rotatable bonds is 2. The molecule has 4 rings (SSSR count). The summed E-state index contributed by atoms with van der Waals surface area (Å²) in [5.74, 6) is -0.518. The van der Waals surface area contributed by atoms with E-state index in [1.807, 2.05) is 43.3 Å². The minimum atomic E-state index is -0.321. The van der Waals surface area contributed by atoms with Crippen molar-refractivity contribution in [1.29, 1.82) is 0 Å². The molecule has 0 aromatic heterocycles. The number of fused-ring (bicyclic) bond motifs is 3. The Morgan fingerprint density at radius 2 is 2.04 bits per heavy atom. The average molecular weight is 367 g/mol. The summed E-state index contributed by atoms with van der Waals surface area (Å²) in [6, 6.07) is 11.5. The number of ether oxygens (including phenoxy) is 1. The molecule has 140 valence electrons. The predicted molar refractivity (Wildman–Crippen MR) is 101 cm³/mol. The molecule has 0 spiro atoms. The van der Waals surface area contributed by atoms with Gasteiger partial charge in [0.2, 0.25) is 5.91 Å². The van der Waals surface area contributed by atoms with Crippen molar-refractivity contribution in [3.63, 3.8) is 0 Å². The number of morpholine rings is 1. The topological polar surface area (TPSA) is 116 Å². The molecule has 2 aromatic rings. The fourth-order valence-electron chi connectivity index (χ4n) is 3.19. The first-order valence-corrected chi connectivity index (χ1v) is 8.87. The molecule has 0 bridgehead atoms. The first-order chi connectivity index (χ1) is 13.1. The van der Waals surface area contributed by atoms with Gasteiger partial charge >= 0.3 is 0 Å². The van der Waals surface area contributed by atoms with E-state index >= 15 is 0 Å². The van der Waals surface area contributed by atoms with Crippen LogP contribution in [0.25, 0.3) is 21.2 Å². The van der Waals surface area contributed by atoms with Crippen LogP contribution in [-0.4, -0.2) is 37.2 Å². The summed E-state index contributed by atoms with van der Waals surface area (Å²) < 4.78 is 5.39. The molecule has 2 aliphatic heterocycles. The number of azide groups is 1. The summed E-state index contributed by atoms with van der Waals surface area (Å²) in [5, 5.41) is 10.9. The van der Waals surface area contributed by atoms with Gasteiger partial charge in [0.25, 0.3) is 5.91 Å². The normalized spacial score (nSPS) is 21.4. The van der Waals surface area contributed by atoms with Gasteiger partial charge in [-0.05, 0) is 28.3 Å². The minimum Gasteiger partial charge on any atom is -0.366 e. The molecule has 27 heavy (non-hydrogen) atoms. The van der Waals surface area contributed by atoms with Crippen LogP contribution in [0.3, 0.4) is 0 Å². The molecule has 2 amide bonds. The van der Waals surface area contributed by atoms with Crippen molar-refractivity contribution in [2.45, 2.75) is 32.1 Å². The largest absolute Gasteiger partial charge is 0.366 e. The Kier molecular flexibility index (Phi) is 6.03. The molecule has 2 heterocycles. The Balaban J connectivity index is 0.000000168. The zero-order valence-corrected chi connectivity index (χ0v) is 15.0. The molecule has 0 saturated carbocycles. The lowest BCUT2D eigenvalue weighted by molar-refractivity contribution is -0.119. The van der Waals surface area contributed by atoms with Crippen molar-refractivity contribution >= 4 is 22.6 Å². The third-order valence-corrected chi connectivity index (χ3v) is 4.52. The Hall–Kier alpha value is -2.93. The van der Waals surface area contributed by atoms with Crippen molar-refractivity contribution in [1.82, 2.24) is 10.6 Å². The molecule has 1 fully saturated rings. The van der Waals surface area contributed by atoms with Crippen LogP contribution in [0.2, 0.25) is 0 Å². The molecule has 2 unspecified atom stereocenters. The quantitative estimate of drug-likeness (QED) is 0.367. The van der Waals surface area contributed by atoms with Gasteiger partial charge in [0.1, 0.15) is 6.23 Å². The van der Waals surface area contributed by atoms with E-state index in [9.17, 15) is 9.59 Å². The summed E-state index contributed by atoms with van der Waals surface area (Å²) in [4.78, 5) is 25.7. The number of hydrogen-bond acceptors (Lipinski definition) is 5. The summed E-state index contributed by atoms with van der Waals surface area (Å²) in [5.41, 5.74) is 9.58. The highest BCUT2D eigenvalue weighted by atomic mass is 16.5. The van der Waals surface area contributed by atoms with Crippen LogP contribution < -0.4 is 10.6 Å². The second kappa shape index (κ2) is 8.64. The summed E-state index contributed by atoms with van der Waals surface area (Å²) in [6.45, 7) is 3.53. The van der Waals surface area contributed by atoms with Crippen molar-refractivity contribution < 1.29 is 14.3 Å². The zero-order chi connectivity index (χ0) is 19.2. The molecule has 1 saturated heterocycles. The van der Waals surface area contributed by atoms with Crippen LogP contribution in [-0.2, 0) is 16.0 Å².